The zero-order valence-corrected chi connectivity index (χ0v) is 17.4. The van der Waals surface area contributed by atoms with Crippen molar-refractivity contribution in [1.29, 1.82) is 0 Å². The van der Waals surface area contributed by atoms with Crippen molar-refractivity contribution in [2.75, 3.05) is 31.9 Å². The van der Waals surface area contributed by atoms with Crippen molar-refractivity contribution in [2.24, 2.45) is 0 Å². The molecule has 0 atom stereocenters. The van der Waals surface area contributed by atoms with E-state index < -0.39 is 0 Å². The van der Waals surface area contributed by atoms with E-state index in [9.17, 15) is 4.79 Å². The lowest BCUT2D eigenvalue weighted by molar-refractivity contribution is -0.130. The summed E-state index contributed by atoms with van der Waals surface area (Å²) in [6, 6.07) is 12.3. The van der Waals surface area contributed by atoms with Crippen LogP contribution < -0.4 is 0 Å². The summed E-state index contributed by atoms with van der Waals surface area (Å²) in [6.07, 6.45) is 1.87. The summed E-state index contributed by atoms with van der Waals surface area (Å²) in [5.74, 6) is 0.615. The second kappa shape index (κ2) is 8.94. The number of fused-ring (bicyclic) bond motifs is 1. The zero-order chi connectivity index (χ0) is 19.3. The van der Waals surface area contributed by atoms with Gasteiger partial charge in [0.05, 0.1) is 16.8 Å². The molecular formula is C21H24N4OS2. The molecule has 4 rings (SSSR count). The van der Waals surface area contributed by atoms with Crippen LogP contribution in [-0.4, -0.2) is 57.2 Å². The van der Waals surface area contributed by atoms with Crippen molar-refractivity contribution < 1.29 is 4.79 Å². The highest BCUT2D eigenvalue weighted by molar-refractivity contribution is 7.99. The minimum Gasteiger partial charge on any atom is -0.339 e. The third kappa shape index (κ3) is 4.32. The van der Waals surface area contributed by atoms with Crippen LogP contribution in [-0.2, 0) is 17.9 Å². The highest BCUT2D eigenvalue weighted by atomic mass is 32.2. The molecule has 0 radical (unpaired) electrons. The minimum absolute atomic E-state index is 0.193. The van der Waals surface area contributed by atoms with Crippen LogP contribution in [0.3, 0.4) is 0 Å². The summed E-state index contributed by atoms with van der Waals surface area (Å²) in [7, 11) is 0. The summed E-state index contributed by atoms with van der Waals surface area (Å²) in [6.45, 7) is 8.99. The van der Waals surface area contributed by atoms with E-state index in [2.05, 4.69) is 39.6 Å². The number of aromatic nitrogens is 2. The topological polar surface area (TPSA) is 41.4 Å². The fraction of sp³-hybridized carbons (Fsp3) is 0.333. The van der Waals surface area contributed by atoms with Gasteiger partial charge < -0.3 is 9.47 Å². The van der Waals surface area contributed by atoms with Crippen LogP contribution in [0.5, 0.6) is 0 Å². The second-order valence-corrected chi connectivity index (χ2v) is 8.78. The van der Waals surface area contributed by atoms with Crippen LogP contribution in [0.1, 0.15) is 4.88 Å². The molecule has 3 aromatic rings. The lowest BCUT2D eigenvalue weighted by Gasteiger charge is -2.34. The van der Waals surface area contributed by atoms with E-state index in [4.69, 9.17) is 4.98 Å². The molecule has 28 heavy (non-hydrogen) atoms. The summed E-state index contributed by atoms with van der Waals surface area (Å²) in [5, 5.41) is 3.00. The fourth-order valence-electron chi connectivity index (χ4n) is 3.47. The third-order valence-corrected chi connectivity index (χ3v) is 6.76. The van der Waals surface area contributed by atoms with E-state index in [0.717, 1.165) is 48.9 Å². The van der Waals surface area contributed by atoms with Crippen LogP contribution in [0.2, 0.25) is 0 Å². The van der Waals surface area contributed by atoms with Gasteiger partial charge in [0.2, 0.25) is 5.91 Å². The van der Waals surface area contributed by atoms with E-state index in [0.29, 0.717) is 12.3 Å². The molecule has 1 amide bonds. The zero-order valence-electron chi connectivity index (χ0n) is 15.8. The number of nitrogens with zero attached hydrogens (tertiary/aromatic N) is 4. The maximum absolute atomic E-state index is 12.7. The molecule has 0 unspecified atom stereocenters. The first kappa shape index (κ1) is 19.2. The number of thiophene rings is 1. The van der Waals surface area contributed by atoms with Crippen molar-refractivity contribution in [3.05, 3.63) is 59.3 Å². The van der Waals surface area contributed by atoms with E-state index >= 15 is 0 Å². The molecule has 5 nitrogen and oxygen atoms in total. The minimum atomic E-state index is 0.193. The van der Waals surface area contributed by atoms with Gasteiger partial charge in [-0.2, -0.15) is 0 Å². The van der Waals surface area contributed by atoms with Crippen molar-refractivity contribution >= 4 is 40.0 Å². The van der Waals surface area contributed by atoms with E-state index in [1.165, 1.54) is 16.6 Å². The molecule has 0 saturated carbocycles. The molecule has 1 aromatic carbocycles. The molecule has 3 heterocycles. The first-order valence-corrected chi connectivity index (χ1v) is 11.3. The standard InChI is InChI=1S/C21H24N4OS2/c1-2-9-25-19-8-4-3-7-18(19)22-21(25)28-16-20(26)24-12-10-23(11-13-24)15-17-6-5-14-27-17/h2-8,14H,1,9-13,15-16H2. The summed E-state index contributed by atoms with van der Waals surface area (Å²) < 4.78 is 2.12. The average Bonchev–Trinajstić information content (AvgIpc) is 3.35. The molecular weight excluding hydrogens is 388 g/mol. The molecule has 0 N–H and O–H groups in total. The summed E-state index contributed by atoms with van der Waals surface area (Å²) in [4.78, 5) is 23.2. The number of amides is 1. The Morgan fingerprint density at radius 1 is 1.18 bits per heavy atom. The second-order valence-electron chi connectivity index (χ2n) is 6.81. The van der Waals surface area contributed by atoms with Crippen LogP contribution in [0.25, 0.3) is 11.0 Å². The molecule has 1 fully saturated rings. The van der Waals surface area contributed by atoms with Gasteiger partial charge in [-0.05, 0) is 23.6 Å². The number of imidazole rings is 1. The lowest BCUT2D eigenvalue weighted by atomic mass is 10.3. The first-order chi connectivity index (χ1) is 13.7. The van der Waals surface area contributed by atoms with Gasteiger partial charge >= 0.3 is 0 Å². The van der Waals surface area contributed by atoms with Gasteiger partial charge in [-0.3, -0.25) is 9.69 Å². The number of allylic oxidation sites excluding steroid dienone is 1. The molecule has 146 valence electrons. The number of para-hydroxylation sites is 2. The number of piperazine rings is 1. The predicted octanol–water partition coefficient (Wildman–Crippen LogP) is 3.72. The Hall–Kier alpha value is -2.09. The monoisotopic (exact) mass is 412 g/mol. The Balaban J connectivity index is 1.33. The van der Waals surface area contributed by atoms with Crippen LogP contribution in [0, 0.1) is 0 Å². The van der Waals surface area contributed by atoms with Crippen molar-refractivity contribution in [1.82, 2.24) is 19.4 Å². The van der Waals surface area contributed by atoms with Gasteiger partial charge in [-0.1, -0.05) is 36.0 Å². The Kier molecular flexibility index (Phi) is 6.14. The molecule has 1 aliphatic heterocycles. The van der Waals surface area contributed by atoms with Crippen LogP contribution >= 0.6 is 23.1 Å². The molecule has 7 heteroatoms. The number of hydrogen-bond donors (Lipinski definition) is 0. The molecule has 0 aliphatic carbocycles. The molecule has 0 bridgehead atoms. The molecule has 0 spiro atoms. The number of thioether (sulfide) groups is 1. The van der Waals surface area contributed by atoms with Gasteiger partial charge in [-0.25, -0.2) is 4.98 Å². The first-order valence-electron chi connectivity index (χ1n) is 9.46. The van der Waals surface area contributed by atoms with Gasteiger partial charge in [0.15, 0.2) is 5.16 Å². The van der Waals surface area contributed by atoms with Crippen molar-refractivity contribution in [3.8, 4) is 0 Å². The maximum atomic E-state index is 12.7. The third-order valence-electron chi connectivity index (χ3n) is 4.94. The van der Waals surface area contributed by atoms with E-state index in [1.807, 2.05) is 29.2 Å². The highest BCUT2D eigenvalue weighted by Crippen LogP contribution is 2.24. The number of carbonyl (C=O) groups excluding carboxylic acids is 1. The molecule has 1 aliphatic rings. The van der Waals surface area contributed by atoms with Crippen molar-refractivity contribution in [3.63, 3.8) is 0 Å². The number of rotatable bonds is 7. The smallest absolute Gasteiger partial charge is 0.233 e. The Bertz CT molecular complexity index is 943. The number of hydrogen-bond acceptors (Lipinski definition) is 5. The van der Waals surface area contributed by atoms with E-state index in [-0.39, 0.29) is 5.91 Å². The van der Waals surface area contributed by atoms with Gasteiger partial charge in [0.1, 0.15) is 0 Å². The summed E-state index contributed by atoms with van der Waals surface area (Å²) >= 11 is 3.31. The van der Waals surface area contributed by atoms with Gasteiger partial charge in [0.25, 0.3) is 0 Å². The highest BCUT2D eigenvalue weighted by Gasteiger charge is 2.22. The largest absolute Gasteiger partial charge is 0.339 e. The molecule has 1 saturated heterocycles. The number of benzene rings is 1. The van der Waals surface area contributed by atoms with Crippen LogP contribution in [0.15, 0.2) is 59.6 Å². The molecule has 2 aromatic heterocycles. The fourth-order valence-corrected chi connectivity index (χ4v) is 5.14. The Morgan fingerprint density at radius 2 is 2.00 bits per heavy atom. The quantitative estimate of drug-likeness (QED) is 0.438. The summed E-state index contributed by atoms with van der Waals surface area (Å²) in [5.41, 5.74) is 2.04. The average molecular weight is 413 g/mol. The van der Waals surface area contributed by atoms with Gasteiger partial charge in [-0.15, -0.1) is 17.9 Å². The van der Waals surface area contributed by atoms with Crippen molar-refractivity contribution in [2.45, 2.75) is 18.2 Å². The van der Waals surface area contributed by atoms with E-state index in [1.54, 1.807) is 11.3 Å². The Labute approximate surface area is 173 Å². The Morgan fingerprint density at radius 3 is 2.75 bits per heavy atom. The van der Waals surface area contributed by atoms with Crippen LogP contribution in [0.4, 0.5) is 0 Å². The SMILES string of the molecule is C=CCn1c(SCC(=O)N2CCN(Cc3cccs3)CC2)nc2ccccc21. The predicted molar refractivity (Wildman–Crippen MR) is 117 cm³/mol. The maximum Gasteiger partial charge on any atom is 0.233 e. The lowest BCUT2D eigenvalue weighted by Crippen LogP contribution is -2.48. The normalized spacial score (nSPS) is 15.2. The van der Waals surface area contributed by atoms with Gasteiger partial charge in [0, 0.05) is 44.1 Å². The number of carbonyl (C=O) groups is 1.